The molecule has 132 valence electrons. The Morgan fingerprint density at radius 3 is 2.62 bits per heavy atom. The molecular weight excluding hydrogens is 366 g/mol. The van der Waals surface area contributed by atoms with Crippen LogP contribution in [-0.2, 0) is 9.53 Å². The molecule has 1 N–H and O–H groups in total. The quantitative estimate of drug-likeness (QED) is 0.464. The summed E-state index contributed by atoms with van der Waals surface area (Å²) >= 11 is 2.86. The molecular formula is C20H17NO3S2. The van der Waals surface area contributed by atoms with Crippen LogP contribution < -0.4 is 5.32 Å². The second kappa shape index (κ2) is 8.60. The maximum Gasteiger partial charge on any atom is 0.341 e. The van der Waals surface area contributed by atoms with Gasteiger partial charge in [-0.3, -0.25) is 4.79 Å². The molecule has 3 aromatic rings. The average Bonchev–Trinajstić information content (AvgIpc) is 3.30. The molecule has 1 aromatic carbocycles. The number of carbonyl (C=O) groups excluding carboxylic acids is 2. The smallest absolute Gasteiger partial charge is 0.341 e. The van der Waals surface area contributed by atoms with E-state index < -0.39 is 5.97 Å². The molecule has 26 heavy (non-hydrogen) atoms. The Hall–Kier alpha value is -2.70. The van der Waals surface area contributed by atoms with Crippen molar-refractivity contribution in [2.24, 2.45) is 0 Å². The van der Waals surface area contributed by atoms with E-state index in [-0.39, 0.29) is 12.5 Å². The highest BCUT2D eigenvalue weighted by Gasteiger charge is 2.22. The van der Waals surface area contributed by atoms with Crippen LogP contribution in [0.1, 0.15) is 22.8 Å². The number of carbonyl (C=O) groups is 2. The fourth-order valence-electron chi connectivity index (χ4n) is 2.36. The van der Waals surface area contributed by atoms with E-state index >= 15 is 0 Å². The van der Waals surface area contributed by atoms with Gasteiger partial charge in [-0.1, -0.05) is 36.4 Å². The second-order valence-electron chi connectivity index (χ2n) is 5.28. The van der Waals surface area contributed by atoms with E-state index in [9.17, 15) is 9.59 Å². The highest BCUT2D eigenvalue weighted by molar-refractivity contribution is 7.17. The molecule has 0 atom stereocenters. The Labute approximate surface area is 159 Å². The van der Waals surface area contributed by atoms with Gasteiger partial charge in [-0.15, -0.1) is 22.7 Å². The van der Waals surface area contributed by atoms with Gasteiger partial charge in [0, 0.05) is 21.9 Å². The van der Waals surface area contributed by atoms with E-state index in [0.717, 1.165) is 16.0 Å². The molecule has 0 saturated heterocycles. The van der Waals surface area contributed by atoms with Crippen LogP contribution in [0.25, 0.3) is 16.5 Å². The Morgan fingerprint density at radius 1 is 1.12 bits per heavy atom. The molecule has 3 rings (SSSR count). The third-order valence-corrected chi connectivity index (χ3v) is 5.32. The van der Waals surface area contributed by atoms with Gasteiger partial charge in [0.2, 0.25) is 5.91 Å². The minimum Gasteiger partial charge on any atom is -0.462 e. The predicted molar refractivity (Wildman–Crippen MR) is 108 cm³/mol. The normalized spacial score (nSPS) is 10.8. The summed E-state index contributed by atoms with van der Waals surface area (Å²) < 4.78 is 5.18. The summed E-state index contributed by atoms with van der Waals surface area (Å²) in [4.78, 5) is 25.7. The van der Waals surface area contributed by atoms with Crippen molar-refractivity contribution in [1.29, 1.82) is 0 Å². The number of anilines is 1. The molecule has 0 bridgehead atoms. The van der Waals surface area contributed by atoms with E-state index in [4.69, 9.17) is 4.74 Å². The number of rotatable bonds is 6. The number of thiophene rings is 2. The molecule has 0 unspecified atom stereocenters. The first-order chi connectivity index (χ1) is 12.7. The van der Waals surface area contributed by atoms with Gasteiger partial charge in [-0.25, -0.2) is 4.79 Å². The summed E-state index contributed by atoms with van der Waals surface area (Å²) in [5, 5.41) is 7.11. The second-order valence-corrected chi connectivity index (χ2v) is 7.11. The van der Waals surface area contributed by atoms with Gasteiger partial charge in [0.05, 0.1) is 6.61 Å². The van der Waals surface area contributed by atoms with Crippen LogP contribution >= 0.6 is 22.7 Å². The summed E-state index contributed by atoms with van der Waals surface area (Å²) in [5.41, 5.74) is 2.12. The molecule has 4 nitrogen and oxygen atoms in total. The van der Waals surface area contributed by atoms with Crippen molar-refractivity contribution in [3.8, 4) is 10.4 Å². The lowest BCUT2D eigenvalue weighted by atomic mass is 10.1. The van der Waals surface area contributed by atoms with E-state index in [0.29, 0.717) is 10.6 Å². The van der Waals surface area contributed by atoms with Gasteiger partial charge in [-0.2, -0.15) is 0 Å². The van der Waals surface area contributed by atoms with E-state index in [1.54, 1.807) is 13.0 Å². The zero-order valence-corrected chi connectivity index (χ0v) is 15.7. The molecule has 0 fully saturated rings. The number of benzene rings is 1. The van der Waals surface area contributed by atoms with Crippen molar-refractivity contribution in [3.05, 3.63) is 70.4 Å². The highest BCUT2D eigenvalue weighted by Crippen LogP contribution is 2.38. The van der Waals surface area contributed by atoms with Crippen LogP contribution in [0.3, 0.4) is 0 Å². The van der Waals surface area contributed by atoms with Crippen molar-refractivity contribution < 1.29 is 14.3 Å². The zero-order chi connectivity index (χ0) is 18.4. The fourth-order valence-corrected chi connectivity index (χ4v) is 4.13. The van der Waals surface area contributed by atoms with E-state index in [1.165, 1.54) is 28.7 Å². The minimum absolute atomic E-state index is 0.278. The van der Waals surface area contributed by atoms with Crippen LogP contribution in [0.5, 0.6) is 0 Å². The monoisotopic (exact) mass is 383 g/mol. The van der Waals surface area contributed by atoms with Crippen LogP contribution in [0.4, 0.5) is 5.00 Å². The topological polar surface area (TPSA) is 55.4 Å². The van der Waals surface area contributed by atoms with Gasteiger partial charge < -0.3 is 10.1 Å². The number of esters is 1. The lowest BCUT2D eigenvalue weighted by Gasteiger charge is -2.06. The largest absolute Gasteiger partial charge is 0.462 e. The molecule has 0 aliphatic heterocycles. The fraction of sp³-hybridized carbons (Fsp3) is 0.100. The van der Waals surface area contributed by atoms with Crippen LogP contribution in [0, 0.1) is 0 Å². The molecule has 2 aromatic heterocycles. The molecule has 0 radical (unpaired) electrons. The SMILES string of the molecule is CCOC(=O)c1c(-c2cccs2)csc1NC(=O)/C=C/c1ccccc1. The van der Waals surface area contributed by atoms with Crippen LogP contribution in [0.2, 0.25) is 0 Å². The Bertz CT molecular complexity index is 912. The van der Waals surface area contributed by atoms with Crippen molar-refractivity contribution >= 4 is 45.6 Å². The van der Waals surface area contributed by atoms with Crippen LogP contribution in [-0.4, -0.2) is 18.5 Å². The molecule has 0 saturated carbocycles. The number of hydrogen-bond acceptors (Lipinski definition) is 5. The summed E-state index contributed by atoms with van der Waals surface area (Å²) in [6, 6.07) is 13.4. The Morgan fingerprint density at radius 2 is 1.92 bits per heavy atom. The first-order valence-electron chi connectivity index (χ1n) is 8.05. The Kier molecular flexibility index (Phi) is 5.99. The first-order valence-corrected chi connectivity index (χ1v) is 9.81. The number of amides is 1. The summed E-state index contributed by atoms with van der Waals surface area (Å²) in [7, 11) is 0. The van der Waals surface area contributed by atoms with Gasteiger partial charge in [0.25, 0.3) is 0 Å². The molecule has 0 aliphatic carbocycles. The maximum absolute atomic E-state index is 12.4. The van der Waals surface area contributed by atoms with E-state index in [2.05, 4.69) is 5.32 Å². The van der Waals surface area contributed by atoms with Gasteiger partial charge in [0.1, 0.15) is 10.6 Å². The van der Waals surface area contributed by atoms with Gasteiger partial charge >= 0.3 is 5.97 Å². The summed E-state index contributed by atoms with van der Waals surface area (Å²) in [5.74, 6) is -0.724. The summed E-state index contributed by atoms with van der Waals surface area (Å²) in [6.45, 7) is 2.04. The third-order valence-electron chi connectivity index (χ3n) is 3.52. The number of ether oxygens (including phenoxy) is 1. The lowest BCUT2D eigenvalue weighted by molar-refractivity contribution is -0.111. The lowest BCUT2D eigenvalue weighted by Crippen LogP contribution is -2.12. The summed E-state index contributed by atoms with van der Waals surface area (Å²) in [6.07, 6.45) is 3.18. The minimum atomic E-state index is -0.431. The highest BCUT2D eigenvalue weighted by atomic mass is 32.1. The maximum atomic E-state index is 12.4. The number of nitrogens with one attached hydrogen (secondary N) is 1. The molecule has 0 aliphatic rings. The van der Waals surface area contributed by atoms with Gasteiger partial charge in [0.15, 0.2) is 0 Å². The molecule has 1 amide bonds. The zero-order valence-electron chi connectivity index (χ0n) is 14.1. The van der Waals surface area contributed by atoms with Crippen molar-refractivity contribution in [3.63, 3.8) is 0 Å². The molecule has 2 heterocycles. The Balaban J connectivity index is 1.84. The van der Waals surface area contributed by atoms with Crippen LogP contribution in [0.15, 0.2) is 59.3 Å². The van der Waals surface area contributed by atoms with Crippen molar-refractivity contribution in [2.75, 3.05) is 11.9 Å². The third kappa shape index (κ3) is 4.28. The van der Waals surface area contributed by atoms with Gasteiger partial charge in [-0.05, 0) is 30.0 Å². The molecule has 6 heteroatoms. The predicted octanol–water partition coefficient (Wildman–Crippen LogP) is 5.31. The standard InChI is InChI=1S/C20H17NO3S2/c1-2-24-20(23)18-15(16-9-6-12-25-16)13-26-19(18)21-17(22)11-10-14-7-4-3-5-8-14/h3-13H,2H2,1H3,(H,21,22)/b11-10+. The van der Waals surface area contributed by atoms with E-state index in [1.807, 2.05) is 53.2 Å². The number of hydrogen-bond donors (Lipinski definition) is 1. The van der Waals surface area contributed by atoms with Crippen molar-refractivity contribution in [2.45, 2.75) is 6.92 Å². The average molecular weight is 383 g/mol. The first kappa shape index (κ1) is 18.1. The van der Waals surface area contributed by atoms with Crippen molar-refractivity contribution in [1.82, 2.24) is 0 Å². The molecule has 0 spiro atoms.